The Morgan fingerprint density at radius 1 is 1.38 bits per heavy atom. The maximum Gasteiger partial charge on any atom is 0.240 e. The van der Waals surface area contributed by atoms with Crippen molar-refractivity contribution in [3.05, 3.63) is 0 Å². The van der Waals surface area contributed by atoms with Gasteiger partial charge in [0.2, 0.25) is 5.91 Å². The molecule has 0 aromatic heterocycles. The van der Waals surface area contributed by atoms with Crippen LogP contribution in [0.1, 0.15) is 19.8 Å². The molecule has 1 amide bonds. The van der Waals surface area contributed by atoms with Gasteiger partial charge in [-0.25, -0.2) is 8.42 Å². The molecule has 5 nitrogen and oxygen atoms in total. The van der Waals surface area contributed by atoms with Crippen LogP contribution in [0, 0.1) is 0 Å². The average molecular weight is 248 g/mol. The summed E-state index contributed by atoms with van der Waals surface area (Å²) in [6.07, 6.45) is 2.88. The smallest absolute Gasteiger partial charge is 0.240 e. The Bertz CT molecular complexity index is 347. The second-order valence-corrected chi connectivity index (χ2v) is 6.77. The second-order valence-electron chi connectivity index (χ2n) is 4.40. The average Bonchev–Trinajstić information content (AvgIpc) is 2.26. The molecule has 1 aliphatic heterocycles. The van der Waals surface area contributed by atoms with Crippen LogP contribution >= 0.6 is 0 Å². The largest absolute Gasteiger partial charge is 0.342 e. The van der Waals surface area contributed by atoms with Crippen LogP contribution in [0.4, 0.5) is 0 Å². The van der Waals surface area contributed by atoms with E-state index in [9.17, 15) is 13.2 Å². The van der Waals surface area contributed by atoms with Gasteiger partial charge in [0.15, 0.2) is 9.84 Å². The van der Waals surface area contributed by atoms with Crippen LogP contribution in [0.5, 0.6) is 0 Å². The van der Waals surface area contributed by atoms with Crippen LogP contribution in [0.2, 0.25) is 0 Å². The van der Waals surface area contributed by atoms with Crippen molar-refractivity contribution in [1.29, 1.82) is 0 Å². The molecule has 0 saturated carbocycles. The van der Waals surface area contributed by atoms with E-state index in [1.165, 1.54) is 6.92 Å². The predicted octanol–water partition coefficient (Wildman–Crippen LogP) is -0.370. The van der Waals surface area contributed by atoms with Crippen molar-refractivity contribution < 1.29 is 13.2 Å². The lowest BCUT2D eigenvalue weighted by atomic mass is 10.1. The quantitative estimate of drug-likeness (QED) is 0.740. The minimum atomic E-state index is -3.29. The summed E-state index contributed by atoms with van der Waals surface area (Å²) in [5, 5.41) is 2.27. The molecule has 16 heavy (non-hydrogen) atoms. The summed E-state index contributed by atoms with van der Waals surface area (Å²) < 4.78 is 22.6. The molecule has 94 valence electrons. The molecule has 0 bridgehead atoms. The van der Waals surface area contributed by atoms with Gasteiger partial charge in [-0.15, -0.1) is 0 Å². The molecule has 1 fully saturated rings. The molecule has 0 radical (unpaired) electrons. The summed E-state index contributed by atoms with van der Waals surface area (Å²) in [6, 6.07) is 0.165. The van der Waals surface area contributed by atoms with Crippen LogP contribution in [0.15, 0.2) is 0 Å². The normalized spacial score (nSPS) is 20.4. The first-order valence-corrected chi connectivity index (χ1v) is 7.45. The van der Waals surface area contributed by atoms with E-state index in [0.29, 0.717) is 0 Å². The highest BCUT2D eigenvalue weighted by atomic mass is 32.2. The summed E-state index contributed by atoms with van der Waals surface area (Å²) >= 11 is 0. The minimum Gasteiger partial charge on any atom is -0.342 e. The number of sulfone groups is 1. The lowest BCUT2D eigenvalue weighted by molar-refractivity contribution is -0.131. The summed E-state index contributed by atoms with van der Waals surface area (Å²) in [7, 11) is -1.60. The van der Waals surface area contributed by atoms with Crippen LogP contribution in [0.3, 0.4) is 0 Å². The molecule has 1 heterocycles. The lowest BCUT2D eigenvalue weighted by Gasteiger charge is -2.32. The molecule has 1 N–H and O–H groups in total. The number of carbonyl (C=O) groups excluding carboxylic acids is 1. The number of carbonyl (C=O) groups is 1. The van der Waals surface area contributed by atoms with Gasteiger partial charge in [0.1, 0.15) is 5.25 Å². The van der Waals surface area contributed by atoms with E-state index in [2.05, 4.69) is 5.32 Å². The predicted molar refractivity (Wildman–Crippen MR) is 63.0 cm³/mol. The molecule has 1 unspecified atom stereocenters. The summed E-state index contributed by atoms with van der Waals surface area (Å²) in [5.74, 6) is -0.297. The van der Waals surface area contributed by atoms with Crippen molar-refractivity contribution in [3.63, 3.8) is 0 Å². The zero-order valence-corrected chi connectivity index (χ0v) is 10.9. The van der Waals surface area contributed by atoms with Gasteiger partial charge in [-0.2, -0.15) is 0 Å². The first-order valence-electron chi connectivity index (χ1n) is 5.50. The van der Waals surface area contributed by atoms with Crippen molar-refractivity contribution in [3.8, 4) is 0 Å². The highest BCUT2D eigenvalue weighted by Crippen LogP contribution is 2.13. The van der Waals surface area contributed by atoms with Crippen molar-refractivity contribution in [1.82, 2.24) is 10.2 Å². The van der Waals surface area contributed by atoms with E-state index in [1.807, 2.05) is 0 Å². The Hall–Kier alpha value is -0.620. The van der Waals surface area contributed by atoms with Crippen LogP contribution < -0.4 is 5.32 Å². The lowest BCUT2D eigenvalue weighted by Crippen LogP contribution is -2.48. The molecule has 6 heteroatoms. The Labute approximate surface area is 97.1 Å². The summed E-state index contributed by atoms with van der Waals surface area (Å²) in [4.78, 5) is 13.5. The third kappa shape index (κ3) is 3.18. The highest BCUT2D eigenvalue weighted by molar-refractivity contribution is 7.92. The Morgan fingerprint density at radius 2 is 1.88 bits per heavy atom. The van der Waals surface area contributed by atoms with Gasteiger partial charge in [-0.3, -0.25) is 4.79 Å². The molecular weight excluding hydrogens is 228 g/mol. The number of hydrogen-bond acceptors (Lipinski definition) is 4. The van der Waals surface area contributed by atoms with E-state index < -0.39 is 15.1 Å². The second kappa shape index (κ2) is 5.14. The first-order chi connectivity index (χ1) is 7.34. The number of piperidine rings is 1. The number of hydrogen-bond donors (Lipinski definition) is 1. The number of nitrogens with one attached hydrogen (secondary N) is 1. The van der Waals surface area contributed by atoms with Gasteiger partial charge in [-0.1, -0.05) is 0 Å². The van der Waals surface area contributed by atoms with Crippen LogP contribution in [0.25, 0.3) is 0 Å². The molecule has 0 aliphatic carbocycles. The number of rotatable bonds is 3. The van der Waals surface area contributed by atoms with Gasteiger partial charge in [-0.05, 0) is 32.9 Å². The zero-order valence-electron chi connectivity index (χ0n) is 10.1. The molecule has 0 aromatic rings. The third-order valence-corrected chi connectivity index (χ3v) is 4.68. The fourth-order valence-electron chi connectivity index (χ4n) is 1.84. The standard InChI is InChI=1S/C10H20N2O3S/c1-8(16(3,14)15)10(13)12(2)9-4-6-11-7-5-9/h8-9,11H,4-7H2,1-3H3. The van der Waals surface area contributed by atoms with Gasteiger partial charge in [0.25, 0.3) is 0 Å². The van der Waals surface area contributed by atoms with Gasteiger partial charge >= 0.3 is 0 Å². The molecule has 0 spiro atoms. The monoisotopic (exact) mass is 248 g/mol. The Balaban J connectivity index is 2.66. The van der Waals surface area contributed by atoms with Gasteiger partial charge in [0, 0.05) is 19.3 Å². The van der Waals surface area contributed by atoms with E-state index in [-0.39, 0.29) is 11.9 Å². The van der Waals surface area contributed by atoms with Gasteiger partial charge in [0.05, 0.1) is 0 Å². The Morgan fingerprint density at radius 3 is 2.31 bits per heavy atom. The molecular formula is C10H20N2O3S. The zero-order chi connectivity index (χ0) is 12.3. The molecule has 1 atom stereocenters. The van der Waals surface area contributed by atoms with E-state index in [0.717, 1.165) is 32.2 Å². The van der Waals surface area contributed by atoms with Crippen molar-refractivity contribution in [2.45, 2.75) is 31.1 Å². The fourth-order valence-corrected chi connectivity index (χ4v) is 2.38. The van der Waals surface area contributed by atoms with Crippen LogP contribution in [-0.4, -0.2) is 56.9 Å². The summed E-state index contributed by atoms with van der Waals surface area (Å²) in [6.45, 7) is 3.22. The Kier molecular flexibility index (Phi) is 4.32. The van der Waals surface area contributed by atoms with Crippen molar-refractivity contribution >= 4 is 15.7 Å². The van der Waals surface area contributed by atoms with E-state index >= 15 is 0 Å². The third-order valence-electron chi connectivity index (χ3n) is 3.19. The SMILES string of the molecule is CC(C(=O)N(C)C1CCNCC1)S(C)(=O)=O. The van der Waals surface area contributed by atoms with Crippen molar-refractivity contribution in [2.75, 3.05) is 26.4 Å². The van der Waals surface area contributed by atoms with Gasteiger partial charge < -0.3 is 10.2 Å². The fraction of sp³-hybridized carbons (Fsp3) is 0.900. The maximum absolute atomic E-state index is 11.9. The molecule has 1 rings (SSSR count). The highest BCUT2D eigenvalue weighted by Gasteiger charge is 2.30. The maximum atomic E-state index is 11.9. The topological polar surface area (TPSA) is 66.5 Å². The van der Waals surface area contributed by atoms with E-state index in [1.54, 1.807) is 11.9 Å². The van der Waals surface area contributed by atoms with Crippen LogP contribution in [-0.2, 0) is 14.6 Å². The first kappa shape index (κ1) is 13.4. The molecule has 1 aliphatic rings. The summed E-state index contributed by atoms with van der Waals surface area (Å²) in [5.41, 5.74) is 0. The van der Waals surface area contributed by atoms with E-state index in [4.69, 9.17) is 0 Å². The minimum absolute atomic E-state index is 0.165. The number of nitrogens with zero attached hydrogens (tertiary/aromatic N) is 1. The number of amides is 1. The molecule has 1 saturated heterocycles. The molecule has 0 aromatic carbocycles. The van der Waals surface area contributed by atoms with Crippen molar-refractivity contribution in [2.24, 2.45) is 0 Å².